The largest absolute Gasteiger partial charge is 0.358 e. The molecule has 0 radical (unpaired) electrons. The second-order valence-electron chi connectivity index (χ2n) is 9.79. The summed E-state index contributed by atoms with van der Waals surface area (Å²) < 4.78 is 28.2. The summed E-state index contributed by atoms with van der Waals surface area (Å²) in [6, 6.07) is 5.01. The molecule has 1 aromatic carbocycles. The minimum Gasteiger partial charge on any atom is -0.358 e. The van der Waals surface area contributed by atoms with Crippen LogP contribution in [0, 0.1) is 0 Å². The number of sulfonamides is 1. The van der Waals surface area contributed by atoms with Crippen molar-refractivity contribution in [1.29, 1.82) is 0 Å². The van der Waals surface area contributed by atoms with Crippen molar-refractivity contribution in [2.75, 3.05) is 36.0 Å². The van der Waals surface area contributed by atoms with Crippen LogP contribution in [0.1, 0.15) is 64.2 Å². The van der Waals surface area contributed by atoms with Gasteiger partial charge in [-0.25, -0.2) is 8.42 Å². The quantitative estimate of drug-likeness (QED) is 0.709. The fourth-order valence-corrected chi connectivity index (χ4v) is 7.34. The van der Waals surface area contributed by atoms with Crippen LogP contribution in [0.4, 0.5) is 11.4 Å². The Morgan fingerprint density at radius 2 is 1.61 bits per heavy atom. The highest BCUT2D eigenvalue weighted by atomic mass is 32.2. The van der Waals surface area contributed by atoms with Crippen LogP contribution in [-0.4, -0.2) is 62.8 Å². The van der Waals surface area contributed by atoms with Gasteiger partial charge in [-0.3, -0.25) is 14.5 Å². The molecule has 1 N–H and O–H groups in total. The third-order valence-corrected chi connectivity index (χ3v) is 9.47. The number of amides is 2. The predicted octanol–water partition coefficient (Wildman–Crippen LogP) is 2.63. The lowest BCUT2D eigenvalue weighted by molar-refractivity contribution is -0.125. The molecule has 8 nitrogen and oxygen atoms in total. The van der Waals surface area contributed by atoms with E-state index in [2.05, 4.69) is 10.2 Å². The van der Waals surface area contributed by atoms with Crippen LogP contribution in [0.5, 0.6) is 0 Å². The van der Waals surface area contributed by atoms with E-state index in [1.54, 1.807) is 16.4 Å². The first kappa shape index (κ1) is 22.7. The van der Waals surface area contributed by atoms with Gasteiger partial charge in [0.15, 0.2) is 0 Å². The Balaban J connectivity index is 1.48. The molecule has 0 aromatic heterocycles. The Bertz CT molecular complexity index is 1020. The highest BCUT2D eigenvalue weighted by Gasteiger charge is 2.41. The van der Waals surface area contributed by atoms with Crippen molar-refractivity contribution in [2.45, 2.75) is 81.2 Å². The minimum atomic E-state index is -3.64. The van der Waals surface area contributed by atoms with Crippen molar-refractivity contribution < 1.29 is 18.0 Å². The average molecular weight is 475 g/mol. The summed E-state index contributed by atoms with van der Waals surface area (Å²) in [6.45, 7) is 1.75. The lowest BCUT2D eigenvalue weighted by atomic mass is 9.96. The minimum absolute atomic E-state index is 0.0696. The zero-order chi connectivity index (χ0) is 23.0. The van der Waals surface area contributed by atoms with Crippen LogP contribution >= 0.6 is 0 Å². The van der Waals surface area contributed by atoms with Gasteiger partial charge >= 0.3 is 0 Å². The molecule has 2 saturated heterocycles. The second kappa shape index (κ2) is 9.25. The maximum Gasteiger partial charge on any atom is 0.250 e. The molecule has 0 spiro atoms. The van der Waals surface area contributed by atoms with E-state index in [9.17, 15) is 18.0 Å². The number of anilines is 2. The van der Waals surface area contributed by atoms with E-state index in [4.69, 9.17) is 0 Å². The second-order valence-corrected chi connectivity index (χ2v) is 11.7. The zero-order valence-electron chi connectivity index (χ0n) is 19.2. The van der Waals surface area contributed by atoms with Crippen LogP contribution in [0.2, 0.25) is 0 Å². The van der Waals surface area contributed by atoms with Crippen molar-refractivity contribution in [2.24, 2.45) is 0 Å². The molecule has 1 atom stereocenters. The Kier molecular flexibility index (Phi) is 6.35. The van der Waals surface area contributed by atoms with Crippen LogP contribution in [0.15, 0.2) is 23.1 Å². The first-order chi connectivity index (χ1) is 15.9. The van der Waals surface area contributed by atoms with Crippen molar-refractivity contribution in [3.63, 3.8) is 0 Å². The van der Waals surface area contributed by atoms with Gasteiger partial charge in [-0.1, -0.05) is 19.3 Å². The van der Waals surface area contributed by atoms with E-state index in [1.807, 2.05) is 6.07 Å². The standard InChI is InChI=1S/C24H34N4O4S/c29-23(25-18-8-2-3-9-18)17-28-22-16-19(33(31,32)26-13-5-1-6-14-26)11-12-20(22)27-15-7-4-10-21(27)24(28)30/h11-12,16,18,21H,1-10,13-15,17H2,(H,25,29)/t21-/m0/s1. The van der Waals surface area contributed by atoms with Crippen molar-refractivity contribution >= 4 is 33.2 Å². The van der Waals surface area contributed by atoms with Crippen molar-refractivity contribution in [3.05, 3.63) is 18.2 Å². The zero-order valence-corrected chi connectivity index (χ0v) is 20.0. The van der Waals surface area contributed by atoms with Gasteiger partial charge in [-0.05, 0) is 63.1 Å². The molecule has 3 fully saturated rings. The monoisotopic (exact) mass is 474 g/mol. The normalized spacial score (nSPS) is 24.5. The summed E-state index contributed by atoms with van der Waals surface area (Å²) in [6.07, 6.45) is 9.70. The molecule has 9 heteroatoms. The number of hydrogen-bond donors (Lipinski definition) is 1. The van der Waals surface area contributed by atoms with Gasteiger partial charge in [0.25, 0.3) is 0 Å². The summed E-state index contributed by atoms with van der Waals surface area (Å²) in [5.41, 5.74) is 1.39. The molecular weight excluding hydrogens is 440 g/mol. The Hall–Kier alpha value is -2.13. The maximum atomic E-state index is 13.5. The molecule has 3 heterocycles. The summed E-state index contributed by atoms with van der Waals surface area (Å²) in [5, 5.41) is 3.07. The van der Waals surface area contributed by atoms with E-state index in [0.717, 1.165) is 76.4 Å². The number of hydrogen-bond acceptors (Lipinski definition) is 5. The first-order valence-corrected chi connectivity index (χ1v) is 13.9. The molecule has 0 unspecified atom stereocenters. The Morgan fingerprint density at radius 1 is 0.909 bits per heavy atom. The van der Waals surface area contributed by atoms with Gasteiger partial charge in [0.05, 0.1) is 16.3 Å². The molecule has 180 valence electrons. The van der Waals surface area contributed by atoms with E-state index in [0.29, 0.717) is 18.8 Å². The van der Waals surface area contributed by atoms with Gasteiger partial charge in [0.1, 0.15) is 12.6 Å². The molecule has 1 aromatic rings. The number of carbonyl (C=O) groups excluding carboxylic acids is 2. The Morgan fingerprint density at radius 3 is 2.36 bits per heavy atom. The van der Waals surface area contributed by atoms with Crippen LogP contribution in [-0.2, 0) is 19.6 Å². The van der Waals surface area contributed by atoms with Crippen molar-refractivity contribution in [1.82, 2.24) is 9.62 Å². The fourth-order valence-electron chi connectivity index (χ4n) is 5.80. The topological polar surface area (TPSA) is 90.0 Å². The first-order valence-electron chi connectivity index (χ1n) is 12.5. The fraction of sp³-hybridized carbons (Fsp3) is 0.667. The van der Waals surface area contributed by atoms with Crippen molar-refractivity contribution in [3.8, 4) is 0 Å². The van der Waals surface area contributed by atoms with E-state index >= 15 is 0 Å². The SMILES string of the molecule is O=C(CN1C(=O)[C@@H]2CCCCN2c2ccc(S(=O)(=O)N3CCCCC3)cc21)NC1CCCC1. The Labute approximate surface area is 196 Å². The summed E-state index contributed by atoms with van der Waals surface area (Å²) in [7, 11) is -3.64. The van der Waals surface area contributed by atoms with E-state index in [-0.39, 0.29) is 35.3 Å². The smallest absolute Gasteiger partial charge is 0.250 e. The third kappa shape index (κ3) is 4.37. The molecule has 5 rings (SSSR count). The predicted molar refractivity (Wildman–Crippen MR) is 127 cm³/mol. The number of benzene rings is 1. The van der Waals surface area contributed by atoms with Gasteiger partial charge in [-0.2, -0.15) is 4.31 Å². The average Bonchev–Trinajstić information content (AvgIpc) is 3.35. The van der Waals surface area contributed by atoms with Crippen LogP contribution in [0.25, 0.3) is 0 Å². The highest BCUT2D eigenvalue weighted by molar-refractivity contribution is 7.89. The molecule has 0 bridgehead atoms. The molecule has 2 amide bonds. The van der Waals surface area contributed by atoms with Gasteiger partial charge in [0.2, 0.25) is 21.8 Å². The van der Waals surface area contributed by atoms with E-state index in [1.165, 1.54) is 4.90 Å². The number of fused-ring (bicyclic) bond motifs is 3. The van der Waals surface area contributed by atoms with Gasteiger partial charge in [0, 0.05) is 25.7 Å². The third-order valence-electron chi connectivity index (χ3n) is 7.58. The van der Waals surface area contributed by atoms with Gasteiger partial charge < -0.3 is 10.2 Å². The molecule has 1 aliphatic carbocycles. The molecule has 1 saturated carbocycles. The number of rotatable bonds is 5. The number of piperidine rings is 2. The summed E-state index contributed by atoms with van der Waals surface area (Å²) >= 11 is 0. The van der Waals surface area contributed by atoms with Crippen LogP contribution in [0.3, 0.4) is 0 Å². The molecular formula is C24H34N4O4S. The van der Waals surface area contributed by atoms with E-state index < -0.39 is 10.0 Å². The summed E-state index contributed by atoms with van der Waals surface area (Å²) in [5.74, 6) is -0.272. The lowest BCUT2D eigenvalue weighted by Gasteiger charge is -2.45. The molecule has 33 heavy (non-hydrogen) atoms. The maximum absolute atomic E-state index is 13.5. The number of nitrogens with zero attached hydrogens (tertiary/aromatic N) is 3. The highest BCUT2D eigenvalue weighted by Crippen LogP contribution is 2.41. The number of nitrogens with one attached hydrogen (secondary N) is 1. The summed E-state index contributed by atoms with van der Waals surface area (Å²) in [4.78, 5) is 30.2. The lowest BCUT2D eigenvalue weighted by Crippen LogP contribution is -2.57. The van der Waals surface area contributed by atoms with Crippen LogP contribution < -0.4 is 15.1 Å². The molecule has 3 aliphatic heterocycles. The number of carbonyl (C=O) groups is 2. The van der Waals surface area contributed by atoms with Gasteiger partial charge in [-0.15, -0.1) is 0 Å². The molecule has 4 aliphatic rings.